The molecule has 120 valence electrons. The normalized spacial score (nSPS) is 11.6. The third kappa shape index (κ3) is 4.66. The summed E-state index contributed by atoms with van der Waals surface area (Å²) >= 11 is 0. The van der Waals surface area contributed by atoms with Crippen LogP contribution in [0.1, 0.15) is 30.6 Å². The van der Waals surface area contributed by atoms with Crippen molar-refractivity contribution in [3.63, 3.8) is 0 Å². The first kappa shape index (κ1) is 16.7. The van der Waals surface area contributed by atoms with E-state index >= 15 is 0 Å². The van der Waals surface area contributed by atoms with E-state index < -0.39 is 6.04 Å². The van der Waals surface area contributed by atoms with Gasteiger partial charge in [0.2, 0.25) is 5.91 Å². The summed E-state index contributed by atoms with van der Waals surface area (Å²) in [6.07, 6.45) is 0.481. The van der Waals surface area contributed by atoms with Gasteiger partial charge in [0.15, 0.2) is 5.78 Å². The lowest BCUT2D eigenvalue weighted by atomic mass is 10.1. The van der Waals surface area contributed by atoms with E-state index in [-0.39, 0.29) is 11.7 Å². The highest BCUT2D eigenvalue weighted by molar-refractivity contribution is 5.96. The van der Waals surface area contributed by atoms with Crippen molar-refractivity contribution in [1.29, 1.82) is 0 Å². The number of anilines is 1. The molecule has 1 amide bonds. The van der Waals surface area contributed by atoms with Crippen LogP contribution >= 0.6 is 0 Å². The van der Waals surface area contributed by atoms with Crippen molar-refractivity contribution in [3.05, 3.63) is 54.1 Å². The van der Waals surface area contributed by atoms with Crippen molar-refractivity contribution in [2.45, 2.75) is 26.3 Å². The summed E-state index contributed by atoms with van der Waals surface area (Å²) < 4.78 is 5.71. The van der Waals surface area contributed by atoms with E-state index in [1.807, 2.05) is 6.92 Å². The number of rotatable bonds is 6. The summed E-state index contributed by atoms with van der Waals surface area (Å²) in [5, 5.41) is 2.70. The minimum Gasteiger partial charge on any atom is -0.457 e. The Balaban J connectivity index is 2.00. The van der Waals surface area contributed by atoms with Crippen molar-refractivity contribution in [1.82, 2.24) is 0 Å². The fourth-order valence-corrected chi connectivity index (χ4v) is 1.91. The molecule has 0 fully saturated rings. The highest BCUT2D eigenvalue weighted by atomic mass is 16.5. The highest BCUT2D eigenvalue weighted by Gasteiger charge is 2.07. The molecule has 3 N–H and O–H groups in total. The molecule has 23 heavy (non-hydrogen) atoms. The van der Waals surface area contributed by atoms with Gasteiger partial charge >= 0.3 is 0 Å². The van der Waals surface area contributed by atoms with Crippen LogP contribution in [0.15, 0.2) is 48.5 Å². The second-order valence-corrected chi connectivity index (χ2v) is 5.21. The molecular formula is C18H20N2O3. The lowest BCUT2D eigenvalue weighted by Crippen LogP contribution is -2.32. The molecule has 5 nitrogen and oxygen atoms in total. The third-order valence-corrected chi connectivity index (χ3v) is 3.27. The predicted octanol–water partition coefficient (Wildman–Crippen LogP) is 3.36. The number of benzene rings is 2. The van der Waals surface area contributed by atoms with Gasteiger partial charge in [-0.1, -0.05) is 6.92 Å². The average Bonchev–Trinajstić information content (AvgIpc) is 2.56. The number of Topliss-reactive ketones (excluding diaryl/α,β-unsaturated/α-hetero) is 1. The van der Waals surface area contributed by atoms with Crippen LogP contribution in [0.2, 0.25) is 0 Å². The Morgan fingerprint density at radius 2 is 1.57 bits per heavy atom. The fourth-order valence-electron chi connectivity index (χ4n) is 1.91. The first-order valence-electron chi connectivity index (χ1n) is 7.47. The molecule has 2 rings (SSSR count). The van der Waals surface area contributed by atoms with Gasteiger partial charge in [0.1, 0.15) is 11.5 Å². The second-order valence-electron chi connectivity index (χ2n) is 5.21. The second kappa shape index (κ2) is 7.56. The van der Waals surface area contributed by atoms with E-state index in [1.54, 1.807) is 55.5 Å². The van der Waals surface area contributed by atoms with Gasteiger partial charge in [0, 0.05) is 17.7 Å². The predicted molar refractivity (Wildman–Crippen MR) is 89.9 cm³/mol. The molecule has 2 aromatic carbocycles. The first-order chi connectivity index (χ1) is 11.0. The number of ether oxygens (including phenoxy) is 1. The number of amides is 1. The fraction of sp³-hybridized carbons (Fsp3) is 0.222. The molecule has 1 atom stereocenters. The van der Waals surface area contributed by atoms with Gasteiger partial charge in [-0.15, -0.1) is 0 Å². The van der Waals surface area contributed by atoms with Crippen LogP contribution in [-0.2, 0) is 4.79 Å². The standard InChI is InChI=1S/C18H20N2O3/c1-3-17(21)13-4-8-15(9-5-13)23-16-10-6-14(7-11-16)20-18(22)12(2)19/h4-12H,3,19H2,1-2H3,(H,20,22). The van der Waals surface area contributed by atoms with Crippen LogP contribution in [0, 0.1) is 0 Å². The van der Waals surface area contributed by atoms with E-state index in [9.17, 15) is 9.59 Å². The van der Waals surface area contributed by atoms with Crippen molar-refractivity contribution >= 4 is 17.4 Å². The van der Waals surface area contributed by atoms with Gasteiger partial charge in [0.25, 0.3) is 0 Å². The molecule has 0 bridgehead atoms. The summed E-state index contributed by atoms with van der Waals surface area (Å²) in [6, 6.07) is 13.4. The number of ketones is 1. The molecule has 2 aromatic rings. The molecule has 0 radical (unpaired) electrons. The Morgan fingerprint density at radius 1 is 1.04 bits per heavy atom. The molecule has 0 aliphatic carbocycles. The van der Waals surface area contributed by atoms with Crippen LogP contribution in [0.25, 0.3) is 0 Å². The van der Waals surface area contributed by atoms with E-state index in [0.717, 1.165) is 0 Å². The zero-order chi connectivity index (χ0) is 16.8. The van der Waals surface area contributed by atoms with Gasteiger partial charge in [-0.2, -0.15) is 0 Å². The van der Waals surface area contributed by atoms with Gasteiger partial charge in [-0.05, 0) is 55.5 Å². The Hall–Kier alpha value is -2.66. The van der Waals surface area contributed by atoms with Crippen molar-refractivity contribution in [2.75, 3.05) is 5.32 Å². The summed E-state index contributed by atoms with van der Waals surface area (Å²) in [6.45, 7) is 3.46. The van der Waals surface area contributed by atoms with Gasteiger partial charge < -0.3 is 15.8 Å². The van der Waals surface area contributed by atoms with E-state index in [0.29, 0.717) is 29.2 Å². The summed E-state index contributed by atoms with van der Waals surface area (Å²) in [5.41, 5.74) is 6.83. The smallest absolute Gasteiger partial charge is 0.240 e. The largest absolute Gasteiger partial charge is 0.457 e. The molecule has 0 aliphatic heterocycles. The Kier molecular flexibility index (Phi) is 5.49. The van der Waals surface area contributed by atoms with Crippen LogP contribution in [0.5, 0.6) is 11.5 Å². The molecule has 0 spiro atoms. The minimum absolute atomic E-state index is 0.103. The maximum atomic E-state index is 11.6. The lowest BCUT2D eigenvalue weighted by molar-refractivity contribution is -0.117. The number of carbonyl (C=O) groups excluding carboxylic acids is 2. The van der Waals surface area contributed by atoms with Crippen molar-refractivity contribution < 1.29 is 14.3 Å². The third-order valence-electron chi connectivity index (χ3n) is 3.27. The SMILES string of the molecule is CCC(=O)c1ccc(Oc2ccc(NC(=O)C(C)N)cc2)cc1. The van der Waals surface area contributed by atoms with E-state index in [2.05, 4.69) is 5.32 Å². The zero-order valence-electron chi connectivity index (χ0n) is 13.2. The molecule has 0 heterocycles. The molecule has 5 heteroatoms. The van der Waals surface area contributed by atoms with Crippen LogP contribution in [0.3, 0.4) is 0 Å². The van der Waals surface area contributed by atoms with Gasteiger partial charge in [-0.3, -0.25) is 9.59 Å². The molecule has 0 saturated carbocycles. The van der Waals surface area contributed by atoms with Crippen LogP contribution < -0.4 is 15.8 Å². The molecule has 0 aliphatic rings. The van der Waals surface area contributed by atoms with Crippen molar-refractivity contribution in [2.24, 2.45) is 5.73 Å². The molecule has 1 unspecified atom stereocenters. The maximum absolute atomic E-state index is 11.6. The van der Waals surface area contributed by atoms with Crippen LogP contribution in [0.4, 0.5) is 5.69 Å². The number of hydrogen-bond acceptors (Lipinski definition) is 4. The zero-order valence-corrected chi connectivity index (χ0v) is 13.2. The molecule has 0 saturated heterocycles. The Bertz CT molecular complexity index is 676. The maximum Gasteiger partial charge on any atom is 0.240 e. The van der Waals surface area contributed by atoms with Gasteiger partial charge in [0.05, 0.1) is 6.04 Å². The monoisotopic (exact) mass is 312 g/mol. The number of carbonyl (C=O) groups is 2. The Morgan fingerprint density at radius 3 is 2.04 bits per heavy atom. The van der Waals surface area contributed by atoms with Crippen molar-refractivity contribution in [3.8, 4) is 11.5 Å². The lowest BCUT2D eigenvalue weighted by Gasteiger charge is -2.09. The quantitative estimate of drug-likeness (QED) is 0.801. The summed E-state index contributed by atoms with van der Waals surface area (Å²) in [4.78, 5) is 23.1. The summed E-state index contributed by atoms with van der Waals surface area (Å²) in [5.74, 6) is 1.14. The molecule has 0 aromatic heterocycles. The van der Waals surface area contributed by atoms with E-state index in [1.165, 1.54) is 0 Å². The average molecular weight is 312 g/mol. The minimum atomic E-state index is -0.560. The number of nitrogens with two attached hydrogens (primary N) is 1. The van der Waals surface area contributed by atoms with E-state index in [4.69, 9.17) is 10.5 Å². The molecular weight excluding hydrogens is 292 g/mol. The topological polar surface area (TPSA) is 81.4 Å². The van der Waals surface area contributed by atoms with Gasteiger partial charge in [-0.25, -0.2) is 0 Å². The number of nitrogens with one attached hydrogen (secondary N) is 1. The Labute approximate surface area is 135 Å². The number of hydrogen-bond donors (Lipinski definition) is 2. The summed E-state index contributed by atoms with van der Waals surface area (Å²) in [7, 11) is 0. The van der Waals surface area contributed by atoms with Crippen LogP contribution in [-0.4, -0.2) is 17.7 Å². The highest BCUT2D eigenvalue weighted by Crippen LogP contribution is 2.23. The first-order valence-corrected chi connectivity index (χ1v) is 7.47.